The summed E-state index contributed by atoms with van der Waals surface area (Å²) in [4.78, 5) is 44.9. The van der Waals surface area contributed by atoms with Crippen molar-refractivity contribution in [2.75, 3.05) is 7.11 Å². The van der Waals surface area contributed by atoms with Crippen LogP contribution in [0.2, 0.25) is 0 Å². The summed E-state index contributed by atoms with van der Waals surface area (Å²) < 4.78 is 9.31. The van der Waals surface area contributed by atoms with Gasteiger partial charge in [-0.15, -0.1) is 0 Å². The molecule has 1 rings (SSSR count). The van der Waals surface area contributed by atoms with E-state index in [1.807, 2.05) is 0 Å². The van der Waals surface area contributed by atoms with Crippen LogP contribution in [-0.4, -0.2) is 68.2 Å². The maximum Gasteiger partial charge on any atom is 0.348 e. The van der Waals surface area contributed by atoms with E-state index in [-0.39, 0.29) is 11.5 Å². The predicted molar refractivity (Wildman–Crippen MR) is 86.0 cm³/mol. The standard InChI is InChI=1S/C16H16O11/c1-26-10-6-8(2-4-9(10)17)3-5-12(20)27-13(14(21)22)16(25,15(23)24)7-11(18)19/h2-6,13,17,25H,7H2,1H3,(H,18,19)(H,21,22)(H,23,24). The number of phenols is 1. The molecule has 0 aliphatic carbocycles. The van der Waals surface area contributed by atoms with Crippen molar-refractivity contribution < 1.29 is 54.2 Å². The minimum Gasteiger partial charge on any atom is -0.504 e. The van der Waals surface area contributed by atoms with Crippen LogP contribution in [0.5, 0.6) is 11.5 Å². The van der Waals surface area contributed by atoms with E-state index in [9.17, 15) is 29.4 Å². The molecule has 0 aliphatic rings. The van der Waals surface area contributed by atoms with Crippen molar-refractivity contribution in [3.8, 4) is 11.5 Å². The van der Waals surface area contributed by atoms with E-state index in [1.54, 1.807) is 0 Å². The van der Waals surface area contributed by atoms with Crippen molar-refractivity contribution >= 4 is 30.0 Å². The molecule has 0 spiro atoms. The molecule has 0 bridgehead atoms. The molecular formula is C16H16O11. The molecule has 2 atom stereocenters. The number of esters is 1. The lowest BCUT2D eigenvalue weighted by Gasteiger charge is -2.27. The average molecular weight is 384 g/mol. The van der Waals surface area contributed by atoms with E-state index < -0.39 is 42.0 Å². The zero-order chi connectivity index (χ0) is 20.8. The molecule has 5 N–H and O–H groups in total. The van der Waals surface area contributed by atoms with E-state index in [0.29, 0.717) is 5.56 Å². The second-order valence-electron chi connectivity index (χ2n) is 5.22. The van der Waals surface area contributed by atoms with Gasteiger partial charge in [0.15, 0.2) is 11.5 Å². The minimum absolute atomic E-state index is 0.0932. The molecule has 0 fully saturated rings. The second-order valence-corrected chi connectivity index (χ2v) is 5.22. The number of carbonyl (C=O) groups is 4. The normalized spacial score (nSPS) is 14.1. The van der Waals surface area contributed by atoms with Crippen molar-refractivity contribution in [1.29, 1.82) is 0 Å². The number of carboxylic acids is 3. The van der Waals surface area contributed by atoms with Crippen LogP contribution >= 0.6 is 0 Å². The number of aromatic hydroxyl groups is 1. The van der Waals surface area contributed by atoms with Gasteiger partial charge in [0.25, 0.3) is 0 Å². The van der Waals surface area contributed by atoms with Crippen molar-refractivity contribution in [2.24, 2.45) is 0 Å². The molecule has 0 amide bonds. The summed E-state index contributed by atoms with van der Waals surface area (Å²) in [7, 11) is 1.30. The fourth-order valence-electron chi connectivity index (χ4n) is 1.98. The largest absolute Gasteiger partial charge is 0.504 e. The molecule has 146 valence electrons. The Morgan fingerprint density at radius 1 is 1.19 bits per heavy atom. The van der Waals surface area contributed by atoms with Gasteiger partial charge in [-0.05, 0) is 23.8 Å². The van der Waals surface area contributed by atoms with Crippen LogP contribution < -0.4 is 4.74 Å². The molecule has 11 nitrogen and oxygen atoms in total. The Kier molecular flexibility index (Phi) is 6.88. The number of phenolic OH excluding ortho intramolecular Hbond substituents is 1. The summed E-state index contributed by atoms with van der Waals surface area (Å²) in [5, 5.41) is 46.1. The molecule has 0 aliphatic heterocycles. The van der Waals surface area contributed by atoms with E-state index in [1.165, 1.54) is 25.3 Å². The summed E-state index contributed by atoms with van der Waals surface area (Å²) in [5.74, 6) is -7.46. The molecule has 0 aromatic heterocycles. The highest BCUT2D eigenvalue weighted by molar-refractivity contribution is 5.94. The third kappa shape index (κ3) is 5.44. The molecule has 27 heavy (non-hydrogen) atoms. The Morgan fingerprint density at radius 3 is 2.30 bits per heavy atom. The van der Waals surface area contributed by atoms with Gasteiger partial charge >= 0.3 is 23.9 Å². The van der Waals surface area contributed by atoms with Crippen LogP contribution in [0.4, 0.5) is 0 Å². The van der Waals surface area contributed by atoms with Gasteiger partial charge in [0.1, 0.15) is 0 Å². The first kappa shape index (κ1) is 21.4. The second kappa shape index (κ2) is 8.67. The molecular weight excluding hydrogens is 368 g/mol. The number of aliphatic hydroxyl groups is 1. The van der Waals surface area contributed by atoms with Gasteiger partial charge < -0.3 is 35.0 Å². The third-order valence-electron chi connectivity index (χ3n) is 3.30. The number of carbonyl (C=O) groups excluding carboxylic acids is 1. The van der Waals surface area contributed by atoms with Crippen LogP contribution in [0.25, 0.3) is 6.08 Å². The van der Waals surface area contributed by atoms with E-state index >= 15 is 0 Å². The highest BCUT2D eigenvalue weighted by Gasteiger charge is 2.52. The summed E-state index contributed by atoms with van der Waals surface area (Å²) in [5.41, 5.74) is -3.03. The van der Waals surface area contributed by atoms with Gasteiger partial charge in [-0.1, -0.05) is 6.07 Å². The lowest BCUT2D eigenvalue weighted by Crippen LogP contribution is -2.56. The maximum atomic E-state index is 11.8. The van der Waals surface area contributed by atoms with Crippen molar-refractivity contribution in [3.63, 3.8) is 0 Å². The Balaban J connectivity index is 3.03. The molecule has 1 aromatic carbocycles. The average Bonchev–Trinajstić information content (AvgIpc) is 2.57. The van der Waals surface area contributed by atoms with Crippen LogP contribution in [0.1, 0.15) is 12.0 Å². The topological polar surface area (TPSA) is 188 Å². The lowest BCUT2D eigenvalue weighted by atomic mass is 9.92. The van der Waals surface area contributed by atoms with Gasteiger partial charge in [-0.25, -0.2) is 14.4 Å². The van der Waals surface area contributed by atoms with Crippen molar-refractivity contribution in [2.45, 2.75) is 18.1 Å². The predicted octanol–water partition coefficient (Wildman–Crippen LogP) is -0.299. The Labute approximate surface area is 151 Å². The quantitative estimate of drug-likeness (QED) is 0.278. The number of ether oxygens (including phenoxy) is 2. The number of methoxy groups -OCH3 is 1. The molecule has 1 aromatic rings. The van der Waals surface area contributed by atoms with Crippen molar-refractivity contribution in [1.82, 2.24) is 0 Å². The summed E-state index contributed by atoms with van der Waals surface area (Å²) in [6, 6.07) is 3.99. The summed E-state index contributed by atoms with van der Waals surface area (Å²) in [6.45, 7) is 0. The highest BCUT2D eigenvalue weighted by atomic mass is 16.6. The minimum atomic E-state index is -3.37. The van der Waals surface area contributed by atoms with Gasteiger partial charge in [0.2, 0.25) is 11.7 Å². The van der Waals surface area contributed by atoms with Crippen LogP contribution in [0.15, 0.2) is 24.3 Å². The number of aliphatic carboxylic acids is 3. The first-order valence-electron chi connectivity index (χ1n) is 7.17. The first-order valence-corrected chi connectivity index (χ1v) is 7.17. The van der Waals surface area contributed by atoms with Crippen LogP contribution in [0, 0.1) is 0 Å². The van der Waals surface area contributed by atoms with Gasteiger partial charge in [-0.2, -0.15) is 0 Å². The van der Waals surface area contributed by atoms with E-state index in [2.05, 4.69) is 4.74 Å². The van der Waals surface area contributed by atoms with Crippen LogP contribution in [0.3, 0.4) is 0 Å². The smallest absolute Gasteiger partial charge is 0.348 e. The molecule has 0 saturated carbocycles. The van der Waals surface area contributed by atoms with E-state index in [4.69, 9.17) is 20.1 Å². The van der Waals surface area contributed by atoms with E-state index in [0.717, 1.165) is 12.2 Å². The zero-order valence-electron chi connectivity index (χ0n) is 13.9. The maximum absolute atomic E-state index is 11.8. The number of hydrogen-bond acceptors (Lipinski definition) is 8. The van der Waals surface area contributed by atoms with Crippen molar-refractivity contribution in [3.05, 3.63) is 29.8 Å². The first-order chi connectivity index (χ1) is 12.5. The molecule has 0 radical (unpaired) electrons. The fourth-order valence-corrected chi connectivity index (χ4v) is 1.98. The monoisotopic (exact) mass is 384 g/mol. The molecule has 11 heteroatoms. The third-order valence-corrected chi connectivity index (χ3v) is 3.30. The number of benzene rings is 1. The molecule has 0 heterocycles. The van der Waals surface area contributed by atoms with Crippen LogP contribution in [-0.2, 0) is 23.9 Å². The zero-order valence-corrected chi connectivity index (χ0v) is 13.9. The van der Waals surface area contributed by atoms with Gasteiger partial charge in [-0.3, -0.25) is 4.79 Å². The number of carboxylic acid groups (broad SMARTS) is 3. The molecule has 2 unspecified atom stereocenters. The Hall–Kier alpha value is -3.60. The molecule has 0 saturated heterocycles. The Bertz CT molecular complexity index is 783. The summed E-state index contributed by atoms with van der Waals surface area (Å²) in [6.07, 6.45) is -2.31. The summed E-state index contributed by atoms with van der Waals surface area (Å²) >= 11 is 0. The van der Waals surface area contributed by atoms with Gasteiger partial charge in [0, 0.05) is 6.08 Å². The lowest BCUT2D eigenvalue weighted by molar-refractivity contribution is -0.195. The van der Waals surface area contributed by atoms with Gasteiger partial charge in [0.05, 0.1) is 13.5 Å². The number of hydrogen-bond donors (Lipinski definition) is 5. The number of rotatable bonds is 9. The Morgan fingerprint density at radius 2 is 1.81 bits per heavy atom. The highest BCUT2D eigenvalue weighted by Crippen LogP contribution is 2.27. The SMILES string of the molecule is COc1cc(C=CC(=O)OC(C(=O)O)C(O)(CC(=O)O)C(=O)O)ccc1O. The fraction of sp³-hybridized carbons (Fsp3) is 0.250.